The molecule has 4 N–H and O–H groups in total. The third-order valence-corrected chi connectivity index (χ3v) is 31.1. The fourth-order valence-corrected chi connectivity index (χ4v) is 25.3. The Morgan fingerprint density at radius 1 is 0.206 bits per heavy atom. The highest BCUT2D eigenvalue weighted by molar-refractivity contribution is 7.26. The molecule has 4 aromatic heterocycles. The molecule has 0 bridgehead atoms. The molecule has 4 aliphatic rings. The standard InChI is InChI=1S/C37H25NO.C37H25NS.C27H21NO.C27H21NS.H2/c1-3-13-25(14-4-1)37(26-15-5-2-6-16-26)30-20-9-7-17-27(30)28-19-11-22-32(36(28)37)38-31-21-12-24-34-35(31)29-18-8-10-23-33(29)39-34;1-3-12-25(13-4-1)37(26-14-5-2-6-15-26)31-18-9-7-17-29(31)36-32(37)19-11-20-33(36)38-27-22-23-35-30(24-27)28-16-8-10-21-34(28)39-35;1-27(2)22-11-5-3-8-18(22)21-10-7-12-23(26(21)27)28-17-14-15-20-19-9-4-6-13-24(19)29-25(20)16-17;1-27(2)20-12-5-3-9-17(20)18-11-7-14-22(26(18)27)28-21-13-8-16-24-25(21)19-10-4-6-15-23(19)29-24;/h2*1-24,38H;2*3-16,28H,1-2H3;1H. The molecule has 0 saturated carbocycles. The summed E-state index contributed by atoms with van der Waals surface area (Å²) >= 11 is 3.72. The molecule has 0 aliphatic heterocycles. The summed E-state index contributed by atoms with van der Waals surface area (Å²) in [5.74, 6) is 0. The summed E-state index contributed by atoms with van der Waals surface area (Å²) in [4.78, 5) is 0. The monoisotopic (exact) mass is 1780 g/mol. The first kappa shape index (κ1) is 81.6. The fourth-order valence-electron chi connectivity index (χ4n) is 23.1. The van der Waals surface area contributed by atoms with Gasteiger partial charge in [-0.05, 0) is 203 Å². The molecule has 0 atom stereocenters. The molecule has 4 heterocycles. The highest BCUT2D eigenvalue weighted by Crippen LogP contribution is 2.62. The Morgan fingerprint density at radius 2 is 0.559 bits per heavy atom. The molecule has 650 valence electrons. The Hall–Kier alpha value is -16.4. The van der Waals surface area contributed by atoms with Gasteiger partial charge in [0.15, 0.2) is 0 Å². The quantitative estimate of drug-likeness (QED) is 0.0977. The number of para-hydroxylation sites is 2. The van der Waals surface area contributed by atoms with Crippen LogP contribution < -0.4 is 21.3 Å². The molecule has 8 heteroatoms. The highest BCUT2D eigenvalue weighted by Gasteiger charge is 2.50. The second kappa shape index (κ2) is 32.8. The third-order valence-electron chi connectivity index (χ3n) is 28.8. The SMILES string of the molecule is CC1(C)c2ccccc2-c2cccc(Nc3ccc4c(c3)oc3ccccc34)c21.CC1(C)c2ccccc2-c2cccc(Nc3cccc4sc5ccccc5c34)c21.[HH].c1ccc(C2(c3ccccc3)c3ccccc3-c3c(Nc4ccc5sc6ccccc6c5c4)cccc32)cc1.c1ccc(C2(c3ccccc3)c3ccccc3-c3cccc(Nc4cccc5oc6ccccc6c45)c32)cc1. The van der Waals surface area contributed by atoms with Crippen LogP contribution in [0.25, 0.3) is 129 Å². The first-order chi connectivity index (χ1) is 67.0. The zero-order valence-electron chi connectivity index (χ0n) is 75.5. The van der Waals surface area contributed by atoms with Crippen molar-refractivity contribution in [3.8, 4) is 44.5 Å². The van der Waals surface area contributed by atoms with Crippen LogP contribution >= 0.6 is 22.7 Å². The van der Waals surface area contributed by atoms with Crippen molar-refractivity contribution in [3.63, 3.8) is 0 Å². The molecule has 0 radical (unpaired) electrons. The topological polar surface area (TPSA) is 74.4 Å². The molecule has 0 fully saturated rings. The van der Waals surface area contributed by atoms with E-state index in [0.717, 1.165) is 78.0 Å². The number of hydrogen-bond donors (Lipinski definition) is 4. The summed E-state index contributed by atoms with van der Waals surface area (Å²) in [6.07, 6.45) is 0. The van der Waals surface area contributed by atoms with Gasteiger partial charge in [-0.3, -0.25) is 0 Å². The number of anilines is 8. The molecule has 20 aromatic carbocycles. The molecular formula is C128H94N4O2S2. The van der Waals surface area contributed by atoms with Gasteiger partial charge in [-0.1, -0.05) is 380 Å². The van der Waals surface area contributed by atoms with Crippen LogP contribution in [0.15, 0.2) is 470 Å². The van der Waals surface area contributed by atoms with Gasteiger partial charge in [0, 0.05) is 126 Å². The minimum Gasteiger partial charge on any atom is -0.456 e. The Morgan fingerprint density at radius 3 is 1.17 bits per heavy atom. The molecule has 0 spiro atoms. The van der Waals surface area contributed by atoms with Crippen LogP contribution in [0.3, 0.4) is 0 Å². The number of benzene rings is 20. The van der Waals surface area contributed by atoms with Crippen molar-refractivity contribution in [3.05, 3.63) is 528 Å². The Balaban J connectivity index is 0.000000100. The van der Waals surface area contributed by atoms with E-state index < -0.39 is 5.41 Å². The third kappa shape index (κ3) is 13.1. The van der Waals surface area contributed by atoms with Crippen LogP contribution in [-0.4, -0.2) is 0 Å². The zero-order valence-corrected chi connectivity index (χ0v) is 77.1. The minimum absolute atomic E-state index is 0. The molecule has 4 aliphatic carbocycles. The van der Waals surface area contributed by atoms with Gasteiger partial charge in [-0.15, -0.1) is 22.7 Å². The van der Waals surface area contributed by atoms with Crippen molar-refractivity contribution in [2.75, 3.05) is 21.3 Å². The Kier molecular flexibility index (Phi) is 19.7. The molecule has 0 unspecified atom stereocenters. The first-order valence-corrected chi connectivity index (χ1v) is 48.5. The van der Waals surface area contributed by atoms with Gasteiger partial charge in [0.2, 0.25) is 0 Å². The normalized spacial score (nSPS) is 13.7. The lowest BCUT2D eigenvalue weighted by atomic mass is 9.67. The predicted molar refractivity (Wildman–Crippen MR) is 577 cm³/mol. The van der Waals surface area contributed by atoms with Crippen molar-refractivity contribution < 1.29 is 10.3 Å². The van der Waals surface area contributed by atoms with Gasteiger partial charge in [-0.2, -0.15) is 0 Å². The lowest BCUT2D eigenvalue weighted by Crippen LogP contribution is -2.29. The van der Waals surface area contributed by atoms with Crippen LogP contribution in [0.1, 0.15) is 95.9 Å². The average Bonchev–Trinajstić information content (AvgIpc) is 1.54. The number of furan rings is 2. The summed E-state index contributed by atoms with van der Waals surface area (Å²) in [6, 6.07) is 165. The van der Waals surface area contributed by atoms with E-state index in [9.17, 15) is 0 Å². The average molecular weight is 1780 g/mol. The number of nitrogens with one attached hydrogen (secondary N) is 4. The lowest BCUT2D eigenvalue weighted by Gasteiger charge is -2.35. The minimum atomic E-state index is -0.468. The maximum absolute atomic E-state index is 6.21. The number of thiophene rings is 2. The van der Waals surface area contributed by atoms with Crippen molar-refractivity contribution in [1.29, 1.82) is 0 Å². The van der Waals surface area contributed by atoms with E-state index >= 15 is 0 Å². The summed E-state index contributed by atoms with van der Waals surface area (Å²) < 4.78 is 17.6. The molecule has 136 heavy (non-hydrogen) atoms. The number of rotatable bonds is 12. The van der Waals surface area contributed by atoms with Gasteiger partial charge in [0.05, 0.1) is 21.9 Å². The van der Waals surface area contributed by atoms with Crippen LogP contribution in [0, 0.1) is 0 Å². The number of hydrogen-bond acceptors (Lipinski definition) is 8. The molecule has 0 amide bonds. The second-order valence-corrected chi connectivity index (χ2v) is 39.1. The van der Waals surface area contributed by atoms with Crippen LogP contribution in [-0.2, 0) is 21.7 Å². The van der Waals surface area contributed by atoms with Gasteiger partial charge >= 0.3 is 0 Å². The maximum Gasteiger partial charge on any atom is 0.137 e. The van der Waals surface area contributed by atoms with Gasteiger partial charge in [0.1, 0.15) is 22.3 Å². The summed E-state index contributed by atoms with van der Waals surface area (Å²) in [5.41, 5.74) is 37.9. The van der Waals surface area contributed by atoms with E-state index in [4.69, 9.17) is 8.83 Å². The summed E-state index contributed by atoms with van der Waals surface area (Å²) in [6.45, 7) is 9.30. The van der Waals surface area contributed by atoms with Crippen molar-refractivity contribution in [2.24, 2.45) is 0 Å². The second-order valence-electron chi connectivity index (χ2n) is 37.0. The molecule has 0 saturated heterocycles. The van der Waals surface area contributed by atoms with E-state index in [0.29, 0.717) is 0 Å². The van der Waals surface area contributed by atoms with E-state index in [1.807, 2.05) is 53.0 Å². The van der Waals surface area contributed by atoms with Crippen molar-refractivity contribution in [2.45, 2.75) is 49.4 Å². The molecular weight excluding hydrogens is 1690 g/mol. The molecule has 6 nitrogen and oxygen atoms in total. The lowest BCUT2D eigenvalue weighted by molar-refractivity contribution is 0.662. The van der Waals surface area contributed by atoms with E-state index in [1.54, 1.807) is 0 Å². The van der Waals surface area contributed by atoms with E-state index in [1.165, 1.54) is 163 Å². The van der Waals surface area contributed by atoms with Crippen LogP contribution in [0.5, 0.6) is 0 Å². The summed E-state index contributed by atoms with van der Waals surface area (Å²) in [5, 5.41) is 25.0. The first-order valence-electron chi connectivity index (χ1n) is 46.8. The smallest absolute Gasteiger partial charge is 0.137 e. The highest BCUT2D eigenvalue weighted by atomic mass is 32.1. The van der Waals surface area contributed by atoms with Gasteiger partial charge in [-0.25, -0.2) is 0 Å². The van der Waals surface area contributed by atoms with Gasteiger partial charge in [0.25, 0.3) is 0 Å². The maximum atomic E-state index is 6.21. The zero-order chi connectivity index (χ0) is 90.8. The number of fused-ring (bicyclic) bond motifs is 24. The summed E-state index contributed by atoms with van der Waals surface area (Å²) in [7, 11) is 0. The molecule has 28 rings (SSSR count). The van der Waals surface area contributed by atoms with E-state index in [2.05, 4.69) is 480 Å². The van der Waals surface area contributed by atoms with Crippen LogP contribution in [0.2, 0.25) is 0 Å². The predicted octanol–water partition coefficient (Wildman–Crippen LogP) is 35.8. The Labute approximate surface area is 799 Å². The largest absolute Gasteiger partial charge is 0.456 e. The van der Waals surface area contributed by atoms with Crippen molar-refractivity contribution >= 4 is 152 Å². The fraction of sp³-hybridized carbons (Fsp3) is 0.0625. The molecule has 24 aromatic rings. The van der Waals surface area contributed by atoms with E-state index in [-0.39, 0.29) is 17.7 Å². The Bertz CT molecular complexity index is 8750. The van der Waals surface area contributed by atoms with Crippen LogP contribution in [0.4, 0.5) is 45.5 Å². The van der Waals surface area contributed by atoms with Gasteiger partial charge < -0.3 is 30.1 Å². The van der Waals surface area contributed by atoms with Crippen molar-refractivity contribution in [1.82, 2.24) is 0 Å².